The highest BCUT2D eigenvalue weighted by molar-refractivity contribution is 6.31. The van der Waals surface area contributed by atoms with Crippen LogP contribution in [0.5, 0.6) is 0 Å². The fourth-order valence-corrected chi connectivity index (χ4v) is 3.28. The summed E-state index contributed by atoms with van der Waals surface area (Å²) in [7, 11) is 0. The van der Waals surface area contributed by atoms with Crippen LogP contribution in [-0.2, 0) is 16.1 Å². The summed E-state index contributed by atoms with van der Waals surface area (Å²) in [6.45, 7) is 4.24. The van der Waals surface area contributed by atoms with Gasteiger partial charge in [0.15, 0.2) is 0 Å². The second-order valence-electron chi connectivity index (χ2n) is 6.04. The Bertz CT molecular complexity index is 671. The molecule has 2 heterocycles. The van der Waals surface area contributed by atoms with Crippen LogP contribution in [0.25, 0.3) is 0 Å². The van der Waals surface area contributed by atoms with E-state index in [0.29, 0.717) is 32.7 Å². The van der Waals surface area contributed by atoms with E-state index < -0.39 is 0 Å². The summed E-state index contributed by atoms with van der Waals surface area (Å²) >= 11 is 6.40. The minimum atomic E-state index is 0.0269. The Balaban J connectivity index is 1.61. The number of benzene rings is 1. The third kappa shape index (κ3) is 5.04. The molecule has 0 aliphatic carbocycles. The quantitative estimate of drug-likeness (QED) is 0.819. The third-order valence-electron chi connectivity index (χ3n) is 4.40. The SMILES string of the molecule is O=C(CCn1ccnc1)NC[C@H](c1ccccc1Cl)N1CCOCC1. The summed E-state index contributed by atoms with van der Waals surface area (Å²) in [5.74, 6) is 0.0269. The molecule has 1 amide bonds. The van der Waals surface area contributed by atoms with Crippen molar-refractivity contribution < 1.29 is 9.53 Å². The molecule has 134 valence electrons. The maximum atomic E-state index is 12.2. The van der Waals surface area contributed by atoms with Crippen LogP contribution in [0.2, 0.25) is 5.02 Å². The topological polar surface area (TPSA) is 59.4 Å². The summed E-state index contributed by atoms with van der Waals surface area (Å²) in [5.41, 5.74) is 1.04. The lowest BCUT2D eigenvalue weighted by Crippen LogP contribution is -2.44. The van der Waals surface area contributed by atoms with Crippen molar-refractivity contribution in [2.45, 2.75) is 19.0 Å². The molecule has 1 aliphatic rings. The number of morpholine rings is 1. The van der Waals surface area contributed by atoms with Crippen LogP contribution in [0.15, 0.2) is 43.0 Å². The van der Waals surface area contributed by atoms with Crippen LogP contribution < -0.4 is 5.32 Å². The monoisotopic (exact) mass is 362 g/mol. The second-order valence-corrected chi connectivity index (χ2v) is 6.45. The van der Waals surface area contributed by atoms with Crippen LogP contribution >= 0.6 is 11.6 Å². The van der Waals surface area contributed by atoms with E-state index in [1.165, 1.54) is 0 Å². The number of nitrogens with zero attached hydrogens (tertiary/aromatic N) is 3. The van der Waals surface area contributed by atoms with Gasteiger partial charge in [-0.3, -0.25) is 9.69 Å². The van der Waals surface area contributed by atoms with Crippen molar-refractivity contribution in [3.8, 4) is 0 Å². The van der Waals surface area contributed by atoms with Crippen molar-refractivity contribution in [3.63, 3.8) is 0 Å². The van der Waals surface area contributed by atoms with E-state index in [1.54, 1.807) is 12.5 Å². The minimum Gasteiger partial charge on any atom is -0.379 e. The average Bonchev–Trinajstić information content (AvgIpc) is 3.16. The van der Waals surface area contributed by atoms with Gasteiger partial charge in [0.1, 0.15) is 0 Å². The van der Waals surface area contributed by atoms with Crippen LogP contribution in [0.1, 0.15) is 18.0 Å². The zero-order valence-corrected chi connectivity index (χ0v) is 14.9. The molecular weight excluding hydrogens is 340 g/mol. The summed E-state index contributed by atoms with van der Waals surface area (Å²) < 4.78 is 7.35. The highest BCUT2D eigenvalue weighted by atomic mass is 35.5. The van der Waals surface area contributed by atoms with E-state index in [1.807, 2.05) is 35.0 Å². The molecule has 0 unspecified atom stereocenters. The first-order valence-corrected chi connectivity index (χ1v) is 8.90. The summed E-state index contributed by atoms with van der Waals surface area (Å²) in [6, 6.07) is 7.88. The number of aryl methyl sites for hydroxylation is 1. The predicted molar refractivity (Wildman–Crippen MR) is 96.4 cm³/mol. The first-order valence-electron chi connectivity index (χ1n) is 8.52. The largest absolute Gasteiger partial charge is 0.379 e. The fraction of sp³-hybridized carbons (Fsp3) is 0.444. The van der Waals surface area contributed by atoms with Crippen LogP contribution in [0, 0.1) is 0 Å². The van der Waals surface area contributed by atoms with Crippen molar-refractivity contribution in [1.29, 1.82) is 0 Å². The number of aromatic nitrogens is 2. The normalized spacial score (nSPS) is 16.5. The van der Waals surface area contributed by atoms with Gasteiger partial charge in [-0.15, -0.1) is 0 Å². The van der Waals surface area contributed by atoms with Gasteiger partial charge in [-0.25, -0.2) is 4.98 Å². The number of hydrogen-bond acceptors (Lipinski definition) is 4. The number of halogens is 1. The van der Waals surface area contributed by atoms with Crippen LogP contribution in [0.3, 0.4) is 0 Å². The lowest BCUT2D eigenvalue weighted by molar-refractivity contribution is -0.121. The Hall–Kier alpha value is -1.89. The van der Waals surface area contributed by atoms with Gasteiger partial charge in [-0.05, 0) is 11.6 Å². The van der Waals surface area contributed by atoms with Gasteiger partial charge in [-0.2, -0.15) is 0 Å². The first-order chi connectivity index (χ1) is 12.2. The molecule has 0 saturated carbocycles. The fourth-order valence-electron chi connectivity index (χ4n) is 3.02. The van der Waals surface area contributed by atoms with Crippen molar-refractivity contribution in [2.24, 2.45) is 0 Å². The summed E-state index contributed by atoms with van der Waals surface area (Å²) in [6.07, 6.45) is 5.71. The zero-order valence-electron chi connectivity index (χ0n) is 14.1. The van der Waals surface area contributed by atoms with Gasteiger partial charge in [0.25, 0.3) is 0 Å². The van der Waals surface area contributed by atoms with Crippen LogP contribution in [-0.4, -0.2) is 53.2 Å². The van der Waals surface area contributed by atoms with Crippen LogP contribution in [0.4, 0.5) is 0 Å². The van der Waals surface area contributed by atoms with Crippen molar-refractivity contribution in [3.05, 3.63) is 53.6 Å². The minimum absolute atomic E-state index is 0.0269. The number of hydrogen-bond donors (Lipinski definition) is 1. The molecule has 1 N–H and O–H groups in total. The molecule has 1 aliphatic heterocycles. The number of carbonyl (C=O) groups is 1. The highest BCUT2D eigenvalue weighted by Crippen LogP contribution is 2.27. The molecule has 6 nitrogen and oxygen atoms in total. The number of imidazole rings is 1. The Morgan fingerprint density at radius 2 is 2.12 bits per heavy atom. The second kappa shape index (κ2) is 8.99. The number of rotatable bonds is 7. The van der Waals surface area contributed by atoms with E-state index in [9.17, 15) is 4.79 Å². The van der Waals surface area contributed by atoms with Crippen molar-refractivity contribution >= 4 is 17.5 Å². The molecule has 1 atom stereocenters. The molecular formula is C18H23ClN4O2. The standard InChI is InChI=1S/C18H23ClN4O2/c19-16-4-2-1-3-15(16)17(23-9-11-25-12-10-23)13-21-18(24)5-7-22-8-6-20-14-22/h1-4,6,8,14,17H,5,7,9-13H2,(H,21,24)/t17-/m1/s1. The molecule has 0 bridgehead atoms. The van der Waals surface area contributed by atoms with Crippen molar-refractivity contribution in [1.82, 2.24) is 19.8 Å². The van der Waals surface area contributed by atoms with Gasteiger partial charge in [0, 0.05) is 50.0 Å². The van der Waals surface area contributed by atoms with E-state index >= 15 is 0 Å². The maximum Gasteiger partial charge on any atom is 0.221 e. The first kappa shape index (κ1) is 17.9. The third-order valence-corrected chi connectivity index (χ3v) is 4.74. The smallest absolute Gasteiger partial charge is 0.221 e. The van der Waals surface area contributed by atoms with E-state index in [-0.39, 0.29) is 11.9 Å². The number of amides is 1. The summed E-state index contributed by atoms with van der Waals surface area (Å²) in [4.78, 5) is 18.5. The number of nitrogens with one attached hydrogen (secondary N) is 1. The van der Waals surface area contributed by atoms with E-state index in [0.717, 1.165) is 23.7 Å². The molecule has 2 aromatic rings. The van der Waals surface area contributed by atoms with Gasteiger partial charge in [-0.1, -0.05) is 29.8 Å². The average molecular weight is 363 g/mol. The van der Waals surface area contributed by atoms with Gasteiger partial charge < -0.3 is 14.6 Å². The molecule has 0 spiro atoms. The van der Waals surface area contributed by atoms with E-state index in [2.05, 4.69) is 15.2 Å². The lowest BCUT2D eigenvalue weighted by atomic mass is 10.0. The maximum absolute atomic E-state index is 12.2. The Kier molecular flexibility index (Phi) is 6.44. The predicted octanol–water partition coefficient (Wildman–Crippen LogP) is 2.12. The zero-order chi connectivity index (χ0) is 17.5. The molecule has 1 saturated heterocycles. The Labute approximate surface area is 152 Å². The molecule has 1 aromatic carbocycles. The Morgan fingerprint density at radius 1 is 1.32 bits per heavy atom. The molecule has 1 fully saturated rings. The molecule has 25 heavy (non-hydrogen) atoms. The van der Waals surface area contributed by atoms with Gasteiger partial charge >= 0.3 is 0 Å². The molecule has 1 aromatic heterocycles. The van der Waals surface area contributed by atoms with Crippen molar-refractivity contribution in [2.75, 3.05) is 32.8 Å². The lowest BCUT2D eigenvalue weighted by Gasteiger charge is -2.35. The number of carbonyl (C=O) groups excluding carboxylic acids is 1. The number of ether oxygens (including phenoxy) is 1. The highest BCUT2D eigenvalue weighted by Gasteiger charge is 2.24. The van der Waals surface area contributed by atoms with Gasteiger partial charge in [0.05, 0.1) is 25.6 Å². The van der Waals surface area contributed by atoms with E-state index in [4.69, 9.17) is 16.3 Å². The summed E-state index contributed by atoms with van der Waals surface area (Å²) in [5, 5.41) is 3.78. The molecule has 3 rings (SSSR count). The Morgan fingerprint density at radius 3 is 2.84 bits per heavy atom. The molecule has 0 radical (unpaired) electrons. The molecule has 7 heteroatoms. The van der Waals surface area contributed by atoms with Gasteiger partial charge in [0.2, 0.25) is 5.91 Å².